The molecule has 1 aliphatic rings. The average molecular weight is 367 g/mol. The molecule has 3 rings (SSSR count). The highest BCUT2D eigenvalue weighted by atomic mass is 16.2. The standard InChI is InChI=1S/C21H29N5O/c1-3-26(22)20-9-5-18(6-10-20)4-7-19-8-11-21(16-23-19)25-14-12-24(13-15-25)17(2)27/h5-6,8-11,16H,3-4,7,12-15,22H2,1-2H3. The van der Waals surface area contributed by atoms with Gasteiger partial charge in [-0.25, -0.2) is 5.84 Å². The van der Waals surface area contributed by atoms with Crippen molar-refractivity contribution in [3.05, 3.63) is 53.9 Å². The predicted molar refractivity (Wildman–Crippen MR) is 110 cm³/mol. The second-order valence-corrected chi connectivity index (χ2v) is 6.95. The summed E-state index contributed by atoms with van der Waals surface area (Å²) in [5.74, 6) is 6.06. The van der Waals surface area contributed by atoms with Gasteiger partial charge in [0, 0.05) is 45.3 Å². The summed E-state index contributed by atoms with van der Waals surface area (Å²) in [5, 5.41) is 1.74. The van der Waals surface area contributed by atoms with Gasteiger partial charge in [-0.1, -0.05) is 12.1 Å². The summed E-state index contributed by atoms with van der Waals surface area (Å²) in [5.41, 5.74) is 4.55. The van der Waals surface area contributed by atoms with Crippen LogP contribution in [-0.4, -0.2) is 48.5 Å². The van der Waals surface area contributed by atoms with Gasteiger partial charge in [-0.3, -0.25) is 9.78 Å². The molecule has 0 unspecified atom stereocenters. The Balaban J connectivity index is 1.51. The molecule has 0 bridgehead atoms. The maximum absolute atomic E-state index is 11.4. The van der Waals surface area contributed by atoms with Crippen LogP contribution < -0.4 is 15.8 Å². The molecule has 144 valence electrons. The van der Waals surface area contributed by atoms with Crippen LogP contribution in [0.2, 0.25) is 0 Å². The van der Waals surface area contributed by atoms with E-state index in [0.29, 0.717) is 0 Å². The molecule has 6 heteroatoms. The second kappa shape index (κ2) is 8.86. The van der Waals surface area contributed by atoms with E-state index in [9.17, 15) is 4.79 Å². The van der Waals surface area contributed by atoms with E-state index < -0.39 is 0 Å². The first-order valence-electron chi connectivity index (χ1n) is 9.63. The summed E-state index contributed by atoms with van der Waals surface area (Å²) in [6.07, 6.45) is 3.83. The summed E-state index contributed by atoms with van der Waals surface area (Å²) in [6.45, 7) is 7.75. The Morgan fingerprint density at radius 2 is 1.78 bits per heavy atom. The quantitative estimate of drug-likeness (QED) is 0.627. The lowest BCUT2D eigenvalue weighted by atomic mass is 10.1. The molecule has 2 N–H and O–H groups in total. The molecule has 1 aliphatic heterocycles. The van der Waals surface area contributed by atoms with Crippen LogP contribution in [0.5, 0.6) is 0 Å². The summed E-state index contributed by atoms with van der Waals surface area (Å²) < 4.78 is 0. The molecule has 1 amide bonds. The third-order valence-electron chi connectivity index (χ3n) is 5.18. The number of carbonyl (C=O) groups excluding carboxylic acids is 1. The van der Waals surface area contributed by atoms with Gasteiger partial charge in [0.05, 0.1) is 17.6 Å². The number of piperazine rings is 1. The molecule has 0 atom stereocenters. The Labute approximate surface area is 161 Å². The average Bonchev–Trinajstić information content (AvgIpc) is 2.72. The van der Waals surface area contributed by atoms with E-state index in [-0.39, 0.29) is 5.91 Å². The number of nitrogens with two attached hydrogens (primary N) is 1. The van der Waals surface area contributed by atoms with Crippen LogP contribution in [0.15, 0.2) is 42.6 Å². The maximum Gasteiger partial charge on any atom is 0.219 e. The number of aryl methyl sites for hydroxylation is 2. The van der Waals surface area contributed by atoms with Crippen molar-refractivity contribution in [2.45, 2.75) is 26.7 Å². The number of hydrogen-bond donors (Lipinski definition) is 1. The number of anilines is 2. The van der Waals surface area contributed by atoms with Crippen molar-refractivity contribution in [3.8, 4) is 0 Å². The lowest BCUT2D eigenvalue weighted by Gasteiger charge is -2.35. The monoisotopic (exact) mass is 367 g/mol. The van der Waals surface area contributed by atoms with Crippen molar-refractivity contribution in [3.63, 3.8) is 0 Å². The molecule has 1 aromatic carbocycles. The number of carbonyl (C=O) groups is 1. The number of benzene rings is 1. The molecule has 0 saturated carbocycles. The smallest absolute Gasteiger partial charge is 0.219 e. The van der Waals surface area contributed by atoms with Crippen molar-refractivity contribution in [2.75, 3.05) is 42.6 Å². The zero-order valence-corrected chi connectivity index (χ0v) is 16.3. The van der Waals surface area contributed by atoms with Crippen LogP contribution in [0, 0.1) is 0 Å². The SMILES string of the molecule is CCN(N)c1ccc(CCc2ccc(N3CCN(C(C)=O)CC3)cn2)cc1. The van der Waals surface area contributed by atoms with E-state index in [2.05, 4.69) is 46.3 Å². The van der Waals surface area contributed by atoms with Gasteiger partial charge >= 0.3 is 0 Å². The van der Waals surface area contributed by atoms with Gasteiger partial charge in [0.1, 0.15) is 0 Å². The van der Waals surface area contributed by atoms with E-state index in [1.807, 2.05) is 18.0 Å². The number of rotatable bonds is 6. The molecular formula is C21H29N5O. The van der Waals surface area contributed by atoms with E-state index in [4.69, 9.17) is 5.84 Å². The Hall–Kier alpha value is -2.60. The molecule has 2 aromatic rings. The first-order chi connectivity index (χ1) is 13.1. The van der Waals surface area contributed by atoms with Crippen molar-refractivity contribution in [1.82, 2.24) is 9.88 Å². The van der Waals surface area contributed by atoms with Crippen LogP contribution in [0.4, 0.5) is 11.4 Å². The molecule has 1 fully saturated rings. The topological polar surface area (TPSA) is 65.7 Å². The summed E-state index contributed by atoms with van der Waals surface area (Å²) in [7, 11) is 0. The van der Waals surface area contributed by atoms with Gasteiger partial charge in [-0.05, 0) is 49.6 Å². The van der Waals surface area contributed by atoms with Crippen LogP contribution in [-0.2, 0) is 17.6 Å². The van der Waals surface area contributed by atoms with Gasteiger partial charge < -0.3 is 14.8 Å². The van der Waals surface area contributed by atoms with E-state index >= 15 is 0 Å². The number of nitrogens with zero attached hydrogens (tertiary/aromatic N) is 4. The van der Waals surface area contributed by atoms with Gasteiger partial charge in [-0.15, -0.1) is 0 Å². The fourth-order valence-electron chi connectivity index (χ4n) is 3.34. The molecule has 0 aliphatic carbocycles. The maximum atomic E-state index is 11.4. The van der Waals surface area contributed by atoms with Gasteiger partial charge in [0.25, 0.3) is 0 Å². The lowest BCUT2D eigenvalue weighted by molar-refractivity contribution is -0.129. The van der Waals surface area contributed by atoms with E-state index in [0.717, 1.165) is 62.6 Å². The lowest BCUT2D eigenvalue weighted by Crippen LogP contribution is -2.48. The Morgan fingerprint density at radius 1 is 1.07 bits per heavy atom. The summed E-state index contributed by atoms with van der Waals surface area (Å²) in [4.78, 5) is 20.3. The van der Waals surface area contributed by atoms with Crippen LogP contribution in [0.25, 0.3) is 0 Å². The highest BCUT2D eigenvalue weighted by Gasteiger charge is 2.18. The Bertz CT molecular complexity index is 736. The van der Waals surface area contributed by atoms with E-state index in [1.165, 1.54) is 5.56 Å². The zero-order chi connectivity index (χ0) is 19.2. The normalized spacial score (nSPS) is 14.3. The zero-order valence-electron chi connectivity index (χ0n) is 16.3. The minimum atomic E-state index is 0.157. The highest BCUT2D eigenvalue weighted by Crippen LogP contribution is 2.17. The minimum absolute atomic E-state index is 0.157. The molecule has 2 heterocycles. The Morgan fingerprint density at radius 3 is 2.33 bits per heavy atom. The number of pyridine rings is 1. The minimum Gasteiger partial charge on any atom is -0.367 e. The largest absolute Gasteiger partial charge is 0.367 e. The van der Waals surface area contributed by atoms with Crippen LogP contribution >= 0.6 is 0 Å². The molecule has 1 saturated heterocycles. The predicted octanol–water partition coefficient (Wildman–Crippen LogP) is 2.24. The van der Waals surface area contributed by atoms with Gasteiger partial charge in [-0.2, -0.15) is 0 Å². The van der Waals surface area contributed by atoms with Crippen LogP contribution in [0.1, 0.15) is 25.1 Å². The molecular weight excluding hydrogens is 338 g/mol. The highest BCUT2D eigenvalue weighted by molar-refractivity contribution is 5.73. The fraction of sp³-hybridized carbons (Fsp3) is 0.429. The summed E-state index contributed by atoms with van der Waals surface area (Å²) >= 11 is 0. The fourth-order valence-corrected chi connectivity index (χ4v) is 3.34. The van der Waals surface area contributed by atoms with Gasteiger partial charge in [0.2, 0.25) is 5.91 Å². The second-order valence-electron chi connectivity index (χ2n) is 6.95. The molecule has 0 radical (unpaired) electrons. The number of amides is 1. The van der Waals surface area contributed by atoms with Crippen molar-refractivity contribution < 1.29 is 4.79 Å². The molecule has 0 spiro atoms. The molecule has 1 aromatic heterocycles. The third kappa shape index (κ3) is 4.98. The number of aromatic nitrogens is 1. The number of hydrogen-bond acceptors (Lipinski definition) is 5. The summed E-state index contributed by atoms with van der Waals surface area (Å²) in [6, 6.07) is 12.6. The van der Waals surface area contributed by atoms with Crippen molar-refractivity contribution in [1.29, 1.82) is 0 Å². The first kappa shape index (κ1) is 19.2. The molecule has 27 heavy (non-hydrogen) atoms. The molecule has 6 nitrogen and oxygen atoms in total. The van der Waals surface area contributed by atoms with Crippen molar-refractivity contribution >= 4 is 17.3 Å². The Kier molecular flexibility index (Phi) is 6.29. The van der Waals surface area contributed by atoms with Crippen molar-refractivity contribution in [2.24, 2.45) is 5.84 Å². The van der Waals surface area contributed by atoms with Gasteiger partial charge in [0.15, 0.2) is 0 Å². The number of hydrazine groups is 1. The van der Waals surface area contributed by atoms with E-state index in [1.54, 1.807) is 11.9 Å². The first-order valence-corrected chi connectivity index (χ1v) is 9.63. The third-order valence-corrected chi connectivity index (χ3v) is 5.18. The van der Waals surface area contributed by atoms with Crippen LogP contribution in [0.3, 0.4) is 0 Å².